The van der Waals surface area contributed by atoms with Crippen LogP contribution in [0.15, 0.2) is 52.9 Å². The summed E-state index contributed by atoms with van der Waals surface area (Å²) >= 11 is 0. The van der Waals surface area contributed by atoms with Crippen LogP contribution >= 0.6 is 0 Å². The van der Waals surface area contributed by atoms with Crippen LogP contribution < -0.4 is 10.0 Å². The Bertz CT molecular complexity index is 1270. The predicted molar refractivity (Wildman–Crippen MR) is 105 cm³/mol. The van der Waals surface area contributed by atoms with E-state index in [1.807, 2.05) is 4.72 Å². The van der Waals surface area contributed by atoms with Crippen LogP contribution in [0.25, 0.3) is 11.3 Å². The van der Waals surface area contributed by atoms with Crippen molar-refractivity contribution in [1.29, 1.82) is 0 Å². The molecule has 0 aliphatic rings. The first-order valence-electron chi connectivity index (χ1n) is 8.85. The number of anilines is 1. The topological polar surface area (TPSA) is 88.4 Å². The number of carbonyl (C=O) groups excluding carboxylic acids is 1. The highest BCUT2D eigenvalue weighted by molar-refractivity contribution is 7.92. The van der Waals surface area contributed by atoms with Crippen LogP contribution in [-0.4, -0.2) is 20.6 Å². The molecule has 2 aromatic carbocycles. The number of furan rings is 1. The minimum atomic E-state index is -4.89. The zero-order valence-corrected chi connectivity index (χ0v) is 17.1. The Kier molecular flexibility index (Phi) is 6.26. The van der Waals surface area contributed by atoms with Gasteiger partial charge < -0.3 is 9.73 Å². The summed E-state index contributed by atoms with van der Waals surface area (Å²) in [5, 5.41) is 2.44. The molecule has 3 rings (SSSR count). The van der Waals surface area contributed by atoms with Crippen molar-refractivity contribution in [1.82, 2.24) is 5.32 Å². The SMILES string of the molecule is CS(=O)(=O)Nc1ccc(CNC(=O)c2ccc(-c3ccc(F)c(C(F)(F)F)c3)o2)cc1F. The third-order valence-corrected chi connectivity index (χ3v) is 4.76. The van der Waals surface area contributed by atoms with Crippen molar-refractivity contribution in [2.75, 3.05) is 11.0 Å². The monoisotopic (exact) mass is 474 g/mol. The summed E-state index contributed by atoms with van der Waals surface area (Å²) in [7, 11) is -3.66. The van der Waals surface area contributed by atoms with Gasteiger partial charge in [-0.05, 0) is 48.0 Å². The molecule has 3 aromatic rings. The van der Waals surface area contributed by atoms with Gasteiger partial charge in [-0.1, -0.05) is 6.07 Å². The van der Waals surface area contributed by atoms with Gasteiger partial charge in [0.25, 0.3) is 5.91 Å². The minimum absolute atomic E-state index is 0.0752. The van der Waals surface area contributed by atoms with Crippen molar-refractivity contribution in [3.63, 3.8) is 0 Å². The molecule has 0 atom stereocenters. The molecule has 0 radical (unpaired) electrons. The van der Waals surface area contributed by atoms with Crippen LogP contribution in [0.1, 0.15) is 21.7 Å². The highest BCUT2D eigenvalue weighted by atomic mass is 32.2. The molecule has 0 bridgehead atoms. The third kappa shape index (κ3) is 5.63. The summed E-state index contributed by atoms with van der Waals surface area (Å²) in [4.78, 5) is 12.3. The number of benzene rings is 2. The van der Waals surface area contributed by atoms with Crippen LogP contribution in [0.3, 0.4) is 0 Å². The molecule has 6 nitrogen and oxygen atoms in total. The Morgan fingerprint density at radius 1 is 1.00 bits per heavy atom. The molecule has 0 fully saturated rings. The summed E-state index contributed by atoms with van der Waals surface area (Å²) in [6.07, 6.45) is -4.03. The van der Waals surface area contributed by atoms with E-state index in [0.29, 0.717) is 17.7 Å². The van der Waals surface area contributed by atoms with Gasteiger partial charge in [0.05, 0.1) is 17.5 Å². The molecule has 0 aliphatic carbocycles. The van der Waals surface area contributed by atoms with Crippen molar-refractivity contribution in [2.45, 2.75) is 12.7 Å². The van der Waals surface area contributed by atoms with Crippen LogP contribution in [-0.2, 0) is 22.7 Å². The molecule has 1 aromatic heterocycles. The molecule has 0 unspecified atom stereocenters. The molecule has 0 saturated heterocycles. The van der Waals surface area contributed by atoms with Crippen LogP contribution in [0.2, 0.25) is 0 Å². The van der Waals surface area contributed by atoms with Crippen molar-refractivity contribution in [2.24, 2.45) is 0 Å². The van der Waals surface area contributed by atoms with Gasteiger partial charge in [-0.25, -0.2) is 17.2 Å². The number of alkyl halides is 3. The van der Waals surface area contributed by atoms with Gasteiger partial charge >= 0.3 is 6.18 Å². The van der Waals surface area contributed by atoms with Gasteiger partial charge in [-0.15, -0.1) is 0 Å². The third-order valence-electron chi connectivity index (χ3n) is 4.17. The number of amides is 1. The normalized spacial score (nSPS) is 11.9. The number of hydrogen-bond donors (Lipinski definition) is 2. The lowest BCUT2D eigenvalue weighted by Crippen LogP contribution is -2.22. The van der Waals surface area contributed by atoms with E-state index in [2.05, 4.69) is 5.32 Å². The zero-order chi connectivity index (χ0) is 23.7. The molecular formula is C20H15F5N2O4S. The summed E-state index contributed by atoms with van der Waals surface area (Å²) in [5.74, 6) is -3.32. The maximum Gasteiger partial charge on any atom is 0.419 e. The van der Waals surface area contributed by atoms with E-state index in [1.165, 1.54) is 24.3 Å². The second-order valence-electron chi connectivity index (χ2n) is 6.73. The Morgan fingerprint density at radius 3 is 2.34 bits per heavy atom. The fraction of sp³-hybridized carbons (Fsp3) is 0.150. The molecule has 0 spiro atoms. The van der Waals surface area contributed by atoms with E-state index < -0.39 is 39.3 Å². The van der Waals surface area contributed by atoms with Gasteiger partial charge in [0, 0.05) is 12.1 Å². The zero-order valence-electron chi connectivity index (χ0n) is 16.3. The van der Waals surface area contributed by atoms with Gasteiger partial charge in [0.1, 0.15) is 17.4 Å². The van der Waals surface area contributed by atoms with E-state index in [0.717, 1.165) is 18.4 Å². The van der Waals surface area contributed by atoms with Crippen molar-refractivity contribution in [3.05, 3.63) is 77.1 Å². The quantitative estimate of drug-likeness (QED) is 0.514. The van der Waals surface area contributed by atoms with E-state index >= 15 is 0 Å². The molecule has 0 saturated carbocycles. The van der Waals surface area contributed by atoms with Gasteiger partial charge in [0.2, 0.25) is 10.0 Å². The highest BCUT2D eigenvalue weighted by Crippen LogP contribution is 2.34. The van der Waals surface area contributed by atoms with Crippen LogP contribution in [0.5, 0.6) is 0 Å². The first-order valence-corrected chi connectivity index (χ1v) is 10.7. The summed E-state index contributed by atoms with van der Waals surface area (Å²) in [6.45, 7) is -0.139. The second-order valence-corrected chi connectivity index (χ2v) is 8.48. The molecule has 1 heterocycles. The number of sulfonamides is 1. The molecule has 170 valence electrons. The van der Waals surface area contributed by atoms with Crippen molar-refractivity contribution >= 4 is 21.6 Å². The predicted octanol–water partition coefficient (Wildman–Crippen LogP) is 4.55. The molecule has 0 aliphatic heterocycles. The average Bonchev–Trinajstić information content (AvgIpc) is 3.17. The number of hydrogen-bond acceptors (Lipinski definition) is 4. The summed E-state index contributed by atoms with van der Waals surface area (Å²) in [5.41, 5.74) is -1.48. The second kappa shape index (κ2) is 8.61. The van der Waals surface area contributed by atoms with E-state index in [9.17, 15) is 35.2 Å². The number of rotatable bonds is 6. The van der Waals surface area contributed by atoms with Crippen molar-refractivity contribution in [3.8, 4) is 11.3 Å². The largest absolute Gasteiger partial charge is 0.451 e. The number of carbonyl (C=O) groups is 1. The van der Waals surface area contributed by atoms with Gasteiger partial charge in [0.15, 0.2) is 5.76 Å². The van der Waals surface area contributed by atoms with E-state index in [-0.39, 0.29) is 29.3 Å². The lowest BCUT2D eigenvalue weighted by Gasteiger charge is -2.09. The Labute approximate surface area is 179 Å². The average molecular weight is 474 g/mol. The maximum absolute atomic E-state index is 14.0. The fourth-order valence-electron chi connectivity index (χ4n) is 2.73. The molecule has 12 heteroatoms. The molecule has 2 N–H and O–H groups in total. The van der Waals surface area contributed by atoms with Crippen LogP contribution in [0, 0.1) is 11.6 Å². The lowest BCUT2D eigenvalue weighted by molar-refractivity contribution is -0.139. The Morgan fingerprint density at radius 2 is 1.72 bits per heavy atom. The first-order chi connectivity index (χ1) is 14.8. The van der Waals surface area contributed by atoms with Crippen LogP contribution in [0.4, 0.5) is 27.6 Å². The lowest BCUT2D eigenvalue weighted by atomic mass is 10.1. The Balaban J connectivity index is 1.70. The Hall–Kier alpha value is -3.41. The van der Waals surface area contributed by atoms with Gasteiger partial charge in [-0.2, -0.15) is 13.2 Å². The van der Waals surface area contributed by atoms with Gasteiger partial charge in [-0.3, -0.25) is 9.52 Å². The molecule has 32 heavy (non-hydrogen) atoms. The molecule has 1 amide bonds. The number of halogens is 5. The van der Waals surface area contributed by atoms with E-state index in [1.54, 1.807) is 0 Å². The summed E-state index contributed by atoms with van der Waals surface area (Å²) in [6, 6.07) is 8.40. The first kappa shape index (κ1) is 23.3. The minimum Gasteiger partial charge on any atom is -0.451 e. The molecular weight excluding hydrogens is 459 g/mol. The van der Waals surface area contributed by atoms with Crippen molar-refractivity contribution < 1.29 is 39.6 Å². The van der Waals surface area contributed by atoms with E-state index in [4.69, 9.17) is 4.42 Å². The fourth-order valence-corrected chi connectivity index (χ4v) is 3.30. The standard InChI is InChI=1S/C20H15F5N2O4S/c1-32(29,30)27-16-5-2-11(8-15(16)22)10-26-19(28)18-7-6-17(31-18)12-3-4-14(21)13(9-12)20(23,24)25/h2-9,27H,10H2,1H3,(H,26,28). The number of nitrogens with one attached hydrogen (secondary N) is 2. The highest BCUT2D eigenvalue weighted by Gasteiger charge is 2.34. The summed E-state index contributed by atoms with van der Waals surface area (Å²) < 4.78 is 95.7. The maximum atomic E-state index is 14.0. The smallest absolute Gasteiger partial charge is 0.419 e.